The molecule has 0 aliphatic carbocycles. The van der Waals surface area contributed by atoms with E-state index in [1.807, 2.05) is 13.8 Å². The summed E-state index contributed by atoms with van der Waals surface area (Å²) in [6, 6.07) is 0. The highest BCUT2D eigenvalue weighted by Gasteiger charge is 2.36. The van der Waals surface area contributed by atoms with Crippen LogP contribution in [0.15, 0.2) is 0 Å². The number of hydrogen-bond acceptors (Lipinski definition) is 2. The van der Waals surface area contributed by atoms with Crippen molar-refractivity contribution >= 4 is 5.91 Å². The molecular weight excluding hydrogens is 116 g/mol. The molecule has 0 saturated carbocycles. The van der Waals surface area contributed by atoms with Crippen LogP contribution in [0.4, 0.5) is 0 Å². The van der Waals surface area contributed by atoms with Crippen molar-refractivity contribution in [3.63, 3.8) is 0 Å². The van der Waals surface area contributed by atoms with Gasteiger partial charge >= 0.3 is 0 Å². The first-order valence-corrected chi connectivity index (χ1v) is 3.11. The smallest absolute Gasteiger partial charge is 0.242 e. The van der Waals surface area contributed by atoms with Crippen LogP contribution in [0.3, 0.4) is 0 Å². The molecule has 0 bridgehead atoms. The van der Waals surface area contributed by atoms with Gasteiger partial charge < -0.3 is 0 Å². The molecule has 0 atom stereocenters. The second kappa shape index (κ2) is 1.70. The molecule has 3 nitrogen and oxygen atoms in total. The number of amides is 1. The molecule has 1 saturated heterocycles. The summed E-state index contributed by atoms with van der Waals surface area (Å²) in [5.41, 5.74) is -0.214. The Morgan fingerprint density at radius 1 is 1.67 bits per heavy atom. The summed E-state index contributed by atoms with van der Waals surface area (Å²) in [6.07, 6.45) is 0.877. The van der Waals surface area contributed by atoms with Crippen molar-refractivity contribution in [3.05, 3.63) is 0 Å². The zero-order valence-electron chi connectivity index (χ0n) is 5.85. The Bertz CT molecular complexity index is 142. The molecule has 1 heterocycles. The van der Waals surface area contributed by atoms with Gasteiger partial charge in [0, 0.05) is 12.0 Å². The molecule has 0 aromatic heterocycles. The second-order valence-corrected chi connectivity index (χ2v) is 3.13. The van der Waals surface area contributed by atoms with Crippen LogP contribution in [-0.2, 0) is 4.79 Å². The van der Waals surface area contributed by atoms with Crippen LogP contribution in [0.1, 0.15) is 20.3 Å². The van der Waals surface area contributed by atoms with E-state index in [1.165, 1.54) is 5.01 Å². The number of nitrogens with zero attached hydrogens (tertiary/aromatic N) is 1. The van der Waals surface area contributed by atoms with Crippen molar-refractivity contribution < 1.29 is 4.79 Å². The van der Waals surface area contributed by atoms with Crippen LogP contribution in [-0.4, -0.2) is 17.5 Å². The van der Waals surface area contributed by atoms with Crippen LogP contribution >= 0.6 is 0 Å². The van der Waals surface area contributed by atoms with E-state index in [0.29, 0.717) is 6.54 Å². The molecule has 3 heteroatoms. The summed E-state index contributed by atoms with van der Waals surface area (Å²) in [5.74, 6) is 5.40. The fourth-order valence-corrected chi connectivity index (χ4v) is 0.997. The Morgan fingerprint density at radius 2 is 2.22 bits per heavy atom. The zero-order valence-corrected chi connectivity index (χ0v) is 5.85. The van der Waals surface area contributed by atoms with Crippen LogP contribution in [0.25, 0.3) is 0 Å². The molecule has 1 amide bonds. The third kappa shape index (κ3) is 0.920. The average Bonchev–Trinajstić information content (AvgIpc) is 1.97. The fraction of sp³-hybridized carbons (Fsp3) is 0.833. The first-order valence-electron chi connectivity index (χ1n) is 3.11. The molecule has 0 aromatic rings. The molecule has 0 aromatic carbocycles. The number of rotatable bonds is 0. The molecule has 1 aliphatic rings. The van der Waals surface area contributed by atoms with E-state index in [-0.39, 0.29) is 11.3 Å². The Balaban J connectivity index is 2.74. The first-order chi connectivity index (χ1) is 4.04. The summed E-state index contributed by atoms with van der Waals surface area (Å²) in [5, 5.41) is 1.29. The van der Waals surface area contributed by atoms with Crippen LogP contribution < -0.4 is 5.84 Å². The molecule has 0 spiro atoms. The molecule has 1 rings (SSSR count). The van der Waals surface area contributed by atoms with Crippen molar-refractivity contribution in [2.24, 2.45) is 11.3 Å². The molecule has 0 radical (unpaired) electrons. The summed E-state index contributed by atoms with van der Waals surface area (Å²) in [7, 11) is 0. The maximum absolute atomic E-state index is 11.0. The van der Waals surface area contributed by atoms with Gasteiger partial charge in [0.2, 0.25) is 5.91 Å². The largest absolute Gasteiger partial charge is 0.280 e. The Hall–Kier alpha value is -0.570. The van der Waals surface area contributed by atoms with Crippen molar-refractivity contribution in [3.8, 4) is 0 Å². The molecule has 1 fully saturated rings. The van der Waals surface area contributed by atoms with Gasteiger partial charge in [-0.3, -0.25) is 9.80 Å². The number of nitrogens with two attached hydrogens (primary N) is 1. The number of hydrazine groups is 1. The van der Waals surface area contributed by atoms with Gasteiger partial charge in [0.25, 0.3) is 0 Å². The molecule has 52 valence electrons. The number of hydrogen-bond donors (Lipinski definition) is 1. The Morgan fingerprint density at radius 3 is 2.33 bits per heavy atom. The van der Waals surface area contributed by atoms with Crippen LogP contribution in [0.2, 0.25) is 0 Å². The fourth-order valence-electron chi connectivity index (χ4n) is 0.997. The highest BCUT2D eigenvalue weighted by molar-refractivity contribution is 5.83. The van der Waals surface area contributed by atoms with E-state index in [2.05, 4.69) is 0 Å². The number of carbonyl (C=O) groups excluding carboxylic acids is 1. The van der Waals surface area contributed by atoms with Crippen molar-refractivity contribution in [1.29, 1.82) is 0 Å². The predicted molar refractivity (Wildman–Crippen MR) is 34.3 cm³/mol. The van der Waals surface area contributed by atoms with Crippen molar-refractivity contribution in [1.82, 2.24) is 5.01 Å². The summed E-state index contributed by atoms with van der Waals surface area (Å²) in [4.78, 5) is 11.0. The monoisotopic (exact) mass is 128 g/mol. The van der Waals surface area contributed by atoms with Crippen molar-refractivity contribution in [2.75, 3.05) is 6.54 Å². The van der Waals surface area contributed by atoms with Crippen molar-refractivity contribution in [2.45, 2.75) is 20.3 Å². The van der Waals surface area contributed by atoms with Gasteiger partial charge in [-0.1, -0.05) is 13.8 Å². The SMILES string of the molecule is CC1(C)CCN(N)C1=O. The third-order valence-electron chi connectivity index (χ3n) is 1.82. The Labute approximate surface area is 54.8 Å². The van der Waals surface area contributed by atoms with Gasteiger partial charge in [-0.05, 0) is 6.42 Å². The highest BCUT2D eigenvalue weighted by Crippen LogP contribution is 2.27. The van der Waals surface area contributed by atoms with E-state index < -0.39 is 0 Å². The van der Waals surface area contributed by atoms with Gasteiger partial charge in [-0.25, -0.2) is 5.84 Å². The second-order valence-electron chi connectivity index (χ2n) is 3.13. The lowest BCUT2D eigenvalue weighted by atomic mass is 9.92. The lowest BCUT2D eigenvalue weighted by Gasteiger charge is -2.13. The summed E-state index contributed by atoms with van der Waals surface area (Å²) >= 11 is 0. The minimum Gasteiger partial charge on any atom is -0.280 e. The molecule has 1 aliphatic heterocycles. The maximum Gasteiger partial charge on any atom is 0.242 e. The van der Waals surface area contributed by atoms with E-state index >= 15 is 0 Å². The lowest BCUT2D eigenvalue weighted by Crippen LogP contribution is -2.36. The van der Waals surface area contributed by atoms with Crippen LogP contribution in [0, 0.1) is 5.41 Å². The van der Waals surface area contributed by atoms with Gasteiger partial charge in [0.05, 0.1) is 0 Å². The summed E-state index contributed by atoms with van der Waals surface area (Å²) in [6.45, 7) is 4.54. The van der Waals surface area contributed by atoms with Gasteiger partial charge in [-0.15, -0.1) is 0 Å². The predicted octanol–water partition coefficient (Wildman–Crippen LogP) is 0.119. The van der Waals surface area contributed by atoms with E-state index in [4.69, 9.17) is 5.84 Å². The topological polar surface area (TPSA) is 46.3 Å². The van der Waals surface area contributed by atoms with Gasteiger partial charge in [0.1, 0.15) is 0 Å². The molecule has 9 heavy (non-hydrogen) atoms. The molecule has 0 unspecified atom stereocenters. The lowest BCUT2D eigenvalue weighted by molar-refractivity contribution is -0.134. The van der Waals surface area contributed by atoms with E-state index in [9.17, 15) is 4.79 Å². The average molecular weight is 128 g/mol. The minimum absolute atomic E-state index is 0.0579. The normalized spacial score (nSPS) is 25.2. The standard InChI is InChI=1S/C6H12N2O/c1-6(2)3-4-8(7)5(6)9/h3-4,7H2,1-2H3. The Kier molecular flexibility index (Phi) is 1.24. The number of carbonyl (C=O) groups is 1. The quantitative estimate of drug-likeness (QED) is 0.372. The van der Waals surface area contributed by atoms with Gasteiger partial charge in [0.15, 0.2) is 0 Å². The molecule has 2 N–H and O–H groups in total. The van der Waals surface area contributed by atoms with Gasteiger partial charge in [-0.2, -0.15) is 0 Å². The van der Waals surface area contributed by atoms with Crippen LogP contribution in [0.5, 0.6) is 0 Å². The zero-order chi connectivity index (χ0) is 7.07. The first kappa shape index (κ1) is 6.55. The summed E-state index contributed by atoms with van der Waals surface area (Å²) < 4.78 is 0. The van der Waals surface area contributed by atoms with E-state index in [1.54, 1.807) is 0 Å². The molecular formula is C6H12N2O. The minimum atomic E-state index is -0.214. The van der Waals surface area contributed by atoms with E-state index in [0.717, 1.165) is 6.42 Å². The highest BCUT2D eigenvalue weighted by atomic mass is 16.2. The maximum atomic E-state index is 11.0. The third-order valence-corrected chi connectivity index (χ3v) is 1.82.